The fourth-order valence-corrected chi connectivity index (χ4v) is 4.67. The minimum atomic E-state index is -3.97. The lowest BCUT2D eigenvalue weighted by Crippen LogP contribution is -2.44. The first-order valence-corrected chi connectivity index (χ1v) is 11.0. The van der Waals surface area contributed by atoms with E-state index >= 15 is 0 Å². The largest absolute Gasteiger partial charge is 0.496 e. The fraction of sp³-hybridized carbons (Fsp3) is 0.400. The summed E-state index contributed by atoms with van der Waals surface area (Å²) in [5.41, 5.74) is 0.0969. The lowest BCUT2D eigenvalue weighted by atomic mass is 9.93. The quantitative estimate of drug-likeness (QED) is 0.639. The summed E-state index contributed by atoms with van der Waals surface area (Å²) in [6, 6.07) is 5.81. The van der Waals surface area contributed by atoms with Gasteiger partial charge in [-0.2, -0.15) is 0 Å². The van der Waals surface area contributed by atoms with Gasteiger partial charge in [0, 0.05) is 6.04 Å². The Balaban J connectivity index is 1.86. The summed E-state index contributed by atoms with van der Waals surface area (Å²) in [7, 11) is -2.61. The molecule has 1 aromatic heterocycles. The number of pyridine rings is 1. The fourth-order valence-electron chi connectivity index (χ4n) is 3.35. The third kappa shape index (κ3) is 4.94. The highest BCUT2D eigenvalue weighted by molar-refractivity contribution is 7.89. The summed E-state index contributed by atoms with van der Waals surface area (Å²) < 4.78 is 46.7. The van der Waals surface area contributed by atoms with Gasteiger partial charge in [-0.05, 0) is 50.1 Å². The number of nitrogens with zero attached hydrogens (tertiary/aromatic N) is 1. The van der Waals surface area contributed by atoms with E-state index in [-0.39, 0.29) is 27.7 Å². The van der Waals surface area contributed by atoms with Crippen LogP contribution in [-0.2, 0) is 10.0 Å². The van der Waals surface area contributed by atoms with E-state index in [0.717, 1.165) is 12.8 Å². The van der Waals surface area contributed by atoms with Gasteiger partial charge < -0.3 is 15.2 Å². The zero-order valence-corrected chi connectivity index (χ0v) is 17.5. The van der Waals surface area contributed by atoms with Gasteiger partial charge >= 0.3 is 0 Å². The monoisotopic (exact) mass is 437 g/mol. The third-order valence-electron chi connectivity index (χ3n) is 5.02. The molecule has 0 saturated heterocycles. The average Bonchev–Trinajstić information content (AvgIpc) is 2.71. The van der Waals surface area contributed by atoms with Crippen LogP contribution in [0, 0.1) is 12.7 Å². The molecule has 1 heterocycles. The molecular formula is C20H24FN3O5S. The SMILES string of the molecule is COc1ccc(S(=O)(=O)N[C@H]2CCCC[C@@H]2O)cc1C(=O)Nc1ccc(F)c(C)n1. The zero-order valence-electron chi connectivity index (χ0n) is 16.7. The Morgan fingerprint density at radius 3 is 2.63 bits per heavy atom. The van der Waals surface area contributed by atoms with Crippen molar-refractivity contribution in [2.45, 2.75) is 49.6 Å². The van der Waals surface area contributed by atoms with Crippen molar-refractivity contribution in [3.8, 4) is 5.75 Å². The lowest BCUT2D eigenvalue weighted by Gasteiger charge is -2.28. The maximum absolute atomic E-state index is 13.4. The zero-order chi connectivity index (χ0) is 21.9. The molecule has 0 spiro atoms. The predicted molar refractivity (Wildman–Crippen MR) is 108 cm³/mol. The van der Waals surface area contributed by atoms with Crippen molar-refractivity contribution in [3.05, 3.63) is 47.4 Å². The van der Waals surface area contributed by atoms with E-state index in [4.69, 9.17) is 4.74 Å². The van der Waals surface area contributed by atoms with Crippen molar-refractivity contribution in [3.63, 3.8) is 0 Å². The number of aliphatic hydroxyl groups excluding tert-OH is 1. The molecule has 3 N–H and O–H groups in total. The van der Waals surface area contributed by atoms with E-state index in [1.807, 2.05) is 0 Å². The number of methoxy groups -OCH3 is 1. The average molecular weight is 437 g/mol. The van der Waals surface area contributed by atoms with Crippen molar-refractivity contribution in [1.82, 2.24) is 9.71 Å². The van der Waals surface area contributed by atoms with Gasteiger partial charge in [-0.25, -0.2) is 22.5 Å². The van der Waals surface area contributed by atoms with E-state index in [0.29, 0.717) is 12.8 Å². The molecule has 8 nitrogen and oxygen atoms in total. The van der Waals surface area contributed by atoms with Crippen molar-refractivity contribution in [2.24, 2.45) is 0 Å². The molecule has 1 fully saturated rings. The van der Waals surface area contributed by atoms with Crippen molar-refractivity contribution in [1.29, 1.82) is 0 Å². The molecule has 10 heteroatoms. The Morgan fingerprint density at radius 2 is 1.97 bits per heavy atom. The van der Waals surface area contributed by atoms with Gasteiger partial charge in [0.25, 0.3) is 5.91 Å². The van der Waals surface area contributed by atoms with Crippen LogP contribution in [0.3, 0.4) is 0 Å². The van der Waals surface area contributed by atoms with Crippen LogP contribution < -0.4 is 14.8 Å². The number of benzene rings is 1. The van der Waals surface area contributed by atoms with Crippen LogP contribution in [0.25, 0.3) is 0 Å². The second-order valence-corrected chi connectivity index (χ2v) is 8.87. The highest BCUT2D eigenvalue weighted by Gasteiger charge is 2.29. The maximum atomic E-state index is 13.4. The number of aromatic nitrogens is 1. The molecule has 1 aliphatic rings. The van der Waals surface area contributed by atoms with E-state index < -0.39 is 33.9 Å². The maximum Gasteiger partial charge on any atom is 0.260 e. The Morgan fingerprint density at radius 1 is 1.23 bits per heavy atom. The first-order valence-electron chi connectivity index (χ1n) is 9.54. The predicted octanol–water partition coefficient (Wildman–Crippen LogP) is 2.37. The molecule has 162 valence electrons. The minimum absolute atomic E-state index is 0.0201. The second kappa shape index (κ2) is 9.07. The van der Waals surface area contributed by atoms with Crippen molar-refractivity contribution in [2.75, 3.05) is 12.4 Å². The highest BCUT2D eigenvalue weighted by Crippen LogP contribution is 2.25. The number of hydrogen-bond acceptors (Lipinski definition) is 6. The van der Waals surface area contributed by atoms with Crippen LogP contribution in [0.1, 0.15) is 41.7 Å². The van der Waals surface area contributed by atoms with Crippen LogP contribution >= 0.6 is 0 Å². The molecule has 0 bridgehead atoms. The third-order valence-corrected chi connectivity index (χ3v) is 6.51. The number of carbonyl (C=O) groups excluding carboxylic acids is 1. The second-order valence-electron chi connectivity index (χ2n) is 7.16. The van der Waals surface area contributed by atoms with E-state index in [1.54, 1.807) is 0 Å². The number of hydrogen-bond donors (Lipinski definition) is 3. The number of sulfonamides is 1. The minimum Gasteiger partial charge on any atom is -0.496 e. The van der Waals surface area contributed by atoms with E-state index in [1.165, 1.54) is 44.4 Å². The smallest absolute Gasteiger partial charge is 0.260 e. The van der Waals surface area contributed by atoms with E-state index in [9.17, 15) is 22.7 Å². The molecular weight excluding hydrogens is 413 g/mol. The van der Waals surface area contributed by atoms with Gasteiger partial charge in [0.2, 0.25) is 10.0 Å². The number of aryl methyl sites for hydroxylation is 1. The molecule has 0 unspecified atom stereocenters. The van der Waals surface area contributed by atoms with Gasteiger partial charge in [-0.1, -0.05) is 12.8 Å². The number of rotatable bonds is 6. The number of nitrogens with one attached hydrogen (secondary N) is 2. The summed E-state index contributed by atoms with van der Waals surface area (Å²) in [6.07, 6.45) is 2.00. The number of amides is 1. The first kappa shape index (κ1) is 22.1. The summed E-state index contributed by atoms with van der Waals surface area (Å²) in [5, 5.41) is 12.6. The number of aliphatic hydroxyl groups is 1. The summed E-state index contributed by atoms with van der Waals surface area (Å²) in [6.45, 7) is 1.46. The molecule has 0 aliphatic heterocycles. The van der Waals surface area contributed by atoms with Crippen LogP contribution in [0.15, 0.2) is 35.2 Å². The Kier molecular flexibility index (Phi) is 6.69. The molecule has 0 radical (unpaired) electrons. The molecule has 1 amide bonds. The Labute approximate surface area is 174 Å². The lowest BCUT2D eigenvalue weighted by molar-refractivity contribution is 0.101. The Hall–Kier alpha value is -2.56. The molecule has 30 heavy (non-hydrogen) atoms. The molecule has 1 aromatic carbocycles. The summed E-state index contributed by atoms with van der Waals surface area (Å²) >= 11 is 0. The van der Waals surface area contributed by atoms with Gasteiger partial charge in [0.15, 0.2) is 0 Å². The number of carbonyl (C=O) groups is 1. The molecule has 2 atom stereocenters. The molecule has 2 aromatic rings. The molecule has 3 rings (SSSR count). The number of ether oxygens (including phenoxy) is 1. The Bertz CT molecular complexity index is 1040. The normalized spacial score (nSPS) is 19.3. The first-order chi connectivity index (χ1) is 14.2. The van der Waals surface area contributed by atoms with Crippen LogP contribution in [0.2, 0.25) is 0 Å². The topological polar surface area (TPSA) is 118 Å². The summed E-state index contributed by atoms with van der Waals surface area (Å²) in [5.74, 6) is -0.865. The molecule has 1 aliphatic carbocycles. The van der Waals surface area contributed by atoms with Crippen LogP contribution in [0.4, 0.5) is 10.2 Å². The van der Waals surface area contributed by atoms with Gasteiger partial charge in [-0.3, -0.25) is 4.79 Å². The standard InChI is InChI=1S/C20H24FN3O5S/c1-12-15(21)8-10-19(22-12)23-20(26)14-11-13(7-9-18(14)29-2)30(27,28)24-16-5-3-4-6-17(16)25/h7-11,16-17,24-25H,3-6H2,1-2H3,(H,22,23,26)/t16-,17-/m0/s1. The van der Waals surface area contributed by atoms with Crippen LogP contribution in [0.5, 0.6) is 5.75 Å². The van der Waals surface area contributed by atoms with Gasteiger partial charge in [0.1, 0.15) is 17.4 Å². The van der Waals surface area contributed by atoms with Crippen molar-refractivity contribution < 1.29 is 27.4 Å². The number of anilines is 1. The van der Waals surface area contributed by atoms with Crippen molar-refractivity contribution >= 4 is 21.7 Å². The summed E-state index contributed by atoms with van der Waals surface area (Å²) in [4.78, 5) is 16.5. The van der Waals surface area contributed by atoms with Crippen LogP contribution in [-0.4, -0.2) is 43.7 Å². The highest BCUT2D eigenvalue weighted by atomic mass is 32.2. The van der Waals surface area contributed by atoms with Gasteiger partial charge in [0.05, 0.1) is 29.4 Å². The van der Waals surface area contributed by atoms with E-state index in [2.05, 4.69) is 15.0 Å². The molecule has 1 saturated carbocycles. The van der Waals surface area contributed by atoms with Gasteiger partial charge in [-0.15, -0.1) is 0 Å². The number of halogens is 1.